The summed E-state index contributed by atoms with van der Waals surface area (Å²) in [5, 5.41) is 0. The van der Waals surface area contributed by atoms with Gasteiger partial charge in [0.25, 0.3) is 0 Å². The molecule has 1 aromatic carbocycles. The molecule has 0 bridgehead atoms. The van der Waals surface area contributed by atoms with Crippen molar-refractivity contribution >= 4 is 18.0 Å². The quantitative estimate of drug-likeness (QED) is 0.446. The third-order valence-electron chi connectivity index (χ3n) is 4.67. The van der Waals surface area contributed by atoms with Gasteiger partial charge >= 0.3 is 11.9 Å². The zero-order chi connectivity index (χ0) is 20.5. The third-order valence-corrected chi connectivity index (χ3v) is 4.67. The van der Waals surface area contributed by atoms with Crippen LogP contribution in [0.25, 0.3) is 6.08 Å². The molecule has 1 aliphatic rings. The van der Waals surface area contributed by atoms with E-state index in [-0.39, 0.29) is 24.1 Å². The molecule has 2 atom stereocenters. The molecule has 150 valence electrons. The maximum absolute atomic E-state index is 12.3. The molecule has 0 saturated carbocycles. The van der Waals surface area contributed by atoms with Crippen LogP contribution in [-0.2, 0) is 31.9 Å². The number of nitrogens with zero attached hydrogens (tertiary/aromatic N) is 1. The SMILES string of the molecule is CC(=O)OC1CC=CCC(OC(=O)C=Cc2ccccn2)Cc2ccccc2C1. The molecule has 5 nitrogen and oxygen atoms in total. The lowest BCUT2D eigenvalue weighted by atomic mass is 9.94. The first-order valence-corrected chi connectivity index (χ1v) is 9.79. The van der Waals surface area contributed by atoms with Crippen molar-refractivity contribution in [1.29, 1.82) is 0 Å². The number of aromatic nitrogens is 1. The molecule has 5 heteroatoms. The Hall–Kier alpha value is -3.21. The van der Waals surface area contributed by atoms with E-state index in [9.17, 15) is 9.59 Å². The molecule has 2 unspecified atom stereocenters. The van der Waals surface area contributed by atoms with E-state index in [1.165, 1.54) is 13.0 Å². The minimum Gasteiger partial charge on any atom is -0.462 e. The van der Waals surface area contributed by atoms with Gasteiger partial charge in [0.15, 0.2) is 0 Å². The monoisotopic (exact) mass is 391 g/mol. The van der Waals surface area contributed by atoms with Crippen LogP contribution >= 0.6 is 0 Å². The van der Waals surface area contributed by atoms with Crippen molar-refractivity contribution in [2.75, 3.05) is 0 Å². The molecule has 29 heavy (non-hydrogen) atoms. The summed E-state index contributed by atoms with van der Waals surface area (Å²) in [4.78, 5) is 27.9. The highest BCUT2D eigenvalue weighted by Gasteiger charge is 2.19. The zero-order valence-electron chi connectivity index (χ0n) is 16.5. The highest BCUT2D eigenvalue weighted by molar-refractivity contribution is 5.86. The van der Waals surface area contributed by atoms with Crippen LogP contribution in [-0.4, -0.2) is 29.1 Å². The molecular formula is C24H25NO4. The molecule has 1 heterocycles. The summed E-state index contributed by atoms with van der Waals surface area (Å²) < 4.78 is 11.2. The van der Waals surface area contributed by atoms with Gasteiger partial charge in [0.2, 0.25) is 0 Å². The Labute approximate surface area is 171 Å². The molecule has 0 saturated heterocycles. The van der Waals surface area contributed by atoms with Gasteiger partial charge in [-0.3, -0.25) is 9.78 Å². The normalized spacial score (nSPS) is 19.3. The van der Waals surface area contributed by atoms with Crippen LogP contribution in [0.4, 0.5) is 0 Å². The molecule has 0 N–H and O–H groups in total. The van der Waals surface area contributed by atoms with Crippen molar-refractivity contribution in [3.63, 3.8) is 0 Å². The van der Waals surface area contributed by atoms with Gasteiger partial charge in [0.05, 0.1) is 5.69 Å². The topological polar surface area (TPSA) is 65.5 Å². The average molecular weight is 391 g/mol. The van der Waals surface area contributed by atoms with Gasteiger partial charge in [-0.25, -0.2) is 4.79 Å². The van der Waals surface area contributed by atoms with Gasteiger partial charge in [-0.1, -0.05) is 42.5 Å². The Bertz CT molecular complexity index is 889. The van der Waals surface area contributed by atoms with Crippen LogP contribution in [0.3, 0.4) is 0 Å². The summed E-state index contributed by atoms with van der Waals surface area (Å²) in [5.74, 6) is -0.661. The van der Waals surface area contributed by atoms with E-state index in [1.807, 2.05) is 54.6 Å². The maximum Gasteiger partial charge on any atom is 0.331 e. The molecule has 0 aliphatic heterocycles. The van der Waals surface area contributed by atoms with Crippen molar-refractivity contribution < 1.29 is 19.1 Å². The summed E-state index contributed by atoms with van der Waals surface area (Å²) >= 11 is 0. The first kappa shape index (κ1) is 20.5. The van der Waals surface area contributed by atoms with Crippen LogP contribution in [0.15, 0.2) is 66.9 Å². The highest BCUT2D eigenvalue weighted by atomic mass is 16.5. The molecule has 0 radical (unpaired) electrons. The zero-order valence-corrected chi connectivity index (χ0v) is 16.5. The molecule has 3 rings (SSSR count). The van der Waals surface area contributed by atoms with Gasteiger partial charge in [0, 0.05) is 44.9 Å². The lowest BCUT2D eigenvalue weighted by molar-refractivity contribution is -0.146. The number of esters is 2. The van der Waals surface area contributed by atoms with Crippen molar-refractivity contribution in [3.05, 3.63) is 83.7 Å². The van der Waals surface area contributed by atoms with E-state index >= 15 is 0 Å². The van der Waals surface area contributed by atoms with Gasteiger partial charge in [-0.2, -0.15) is 0 Å². The molecular weight excluding hydrogens is 366 g/mol. The Kier molecular flexibility index (Phi) is 7.34. The Morgan fingerprint density at radius 3 is 2.14 bits per heavy atom. The fraction of sp³-hybridized carbons (Fsp3) is 0.292. The summed E-state index contributed by atoms with van der Waals surface area (Å²) in [6.45, 7) is 1.43. The number of hydrogen-bond acceptors (Lipinski definition) is 5. The number of fused-ring (bicyclic) bond motifs is 1. The molecule has 1 aliphatic carbocycles. The Morgan fingerprint density at radius 1 is 0.931 bits per heavy atom. The summed E-state index contributed by atoms with van der Waals surface area (Å²) in [7, 11) is 0. The third kappa shape index (κ3) is 6.71. The van der Waals surface area contributed by atoms with Crippen LogP contribution in [0, 0.1) is 0 Å². The Balaban J connectivity index is 1.71. The van der Waals surface area contributed by atoms with E-state index in [0.29, 0.717) is 31.4 Å². The highest BCUT2D eigenvalue weighted by Crippen LogP contribution is 2.21. The number of carbonyl (C=O) groups is 2. The first-order chi connectivity index (χ1) is 14.1. The minimum atomic E-state index is -0.388. The summed E-state index contributed by atoms with van der Waals surface area (Å²) in [6.07, 6.45) is 10.7. The predicted octanol–water partition coefficient (Wildman–Crippen LogP) is 4.07. The predicted molar refractivity (Wildman–Crippen MR) is 111 cm³/mol. The van der Waals surface area contributed by atoms with Gasteiger partial charge in [0.1, 0.15) is 12.2 Å². The van der Waals surface area contributed by atoms with E-state index in [2.05, 4.69) is 4.98 Å². The van der Waals surface area contributed by atoms with Crippen LogP contribution in [0.1, 0.15) is 36.6 Å². The number of ether oxygens (including phenoxy) is 2. The van der Waals surface area contributed by atoms with Gasteiger partial charge in [-0.05, 0) is 29.3 Å². The lowest BCUT2D eigenvalue weighted by Crippen LogP contribution is -2.23. The number of carbonyl (C=O) groups excluding carboxylic acids is 2. The molecule has 0 fully saturated rings. The van der Waals surface area contributed by atoms with Crippen LogP contribution in [0.2, 0.25) is 0 Å². The second kappa shape index (κ2) is 10.4. The smallest absolute Gasteiger partial charge is 0.331 e. The van der Waals surface area contributed by atoms with Crippen molar-refractivity contribution in [2.24, 2.45) is 0 Å². The molecule has 0 spiro atoms. The first-order valence-electron chi connectivity index (χ1n) is 9.79. The number of benzene rings is 1. The van der Waals surface area contributed by atoms with Crippen LogP contribution < -0.4 is 0 Å². The lowest BCUT2D eigenvalue weighted by Gasteiger charge is -2.22. The summed E-state index contributed by atoms with van der Waals surface area (Å²) in [6, 6.07) is 13.5. The second-order valence-corrected chi connectivity index (χ2v) is 7.00. The largest absolute Gasteiger partial charge is 0.462 e. The second-order valence-electron chi connectivity index (χ2n) is 7.00. The van der Waals surface area contributed by atoms with Gasteiger partial charge < -0.3 is 9.47 Å². The van der Waals surface area contributed by atoms with Crippen molar-refractivity contribution in [2.45, 2.75) is 44.8 Å². The van der Waals surface area contributed by atoms with E-state index in [4.69, 9.17) is 9.47 Å². The standard InChI is InChI=1S/C24H25NO4/c1-18(26)28-22-11-4-5-12-23(17-20-9-3-2-8-19(20)16-22)29-24(27)14-13-21-10-6-7-15-25-21/h2-10,13-15,22-23H,11-12,16-17H2,1H3. The fourth-order valence-corrected chi connectivity index (χ4v) is 3.35. The molecule has 0 amide bonds. The van der Waals surface area contributed by atoms with Crippen molar-refractivity contribution in [1.82, 2.24) is 4.98 Å². The molecule has 2 aromatic rings. The number of hydrogen-bond donors (Lipinski definition) is 0. The van der Waals surface area contributed by atoms with Crippen LogP contribution in [0.5, 0.6) is 0 Å². The minimum absolute atomic E-state index is 0.190. The van der Waals surface area contributed by atoms with E-state index in [0.717, 1.165) is 11.1 Å². The van der Waals surface area contributed by atoms with E-state index < -0.39 is 0 Å². The Morgan fingerprint density at radius 2 is 1.55 bits per heavy atom. The molecule has 1 aromatic heterocycles. The number of rotatable bonds is 4. The maximum atomic E-state index is 12.3. The van der Waals surface area contributed by atoms with Gasteiger partial charge in [-0.15, -0.1) is 0 Å². The summed E-state index contributed by atoms with van der Waals surface area (Å²) in [5.41, 5.74) is 2.92. The number of pyridine rings is 1. The fourth-order valence-electron chi connectivity index (χ4n) is 3.35. The average Bonchev–Trinajstić information content (AvgIpc) is 2.71. The van der Waals surface area contributed by atoms with E-state index in [1.54, 1.807) is 12.3 Å². The van der Waals surface area contributed by atoms with Crippen molar-refractivity contribution in [3.8, 4) is 0 Å².